The molecule has 1 atom stereocenters. The maximum Gasteiger partial charge on any atom is 0.0417 e. The highest BCUT2D eigenvalue weighted by atomic mass is 79.9. The van der Waals surface area contributed by atoms with Crippen molar-refractivity contribution in [1.29, 1.82) is 0 Å². The lowest BCUT2D eigenvalue weighted by Crippen LogP contribution is -2.19. The maximum absolute atomic E-state index is 6.08. The van der Waals surface area contributed by atoms with Crippen molar-refractivity contribution in [2.45, 2.75) is 36.1 Å². The van der Waals surface area contributed by atoms with Crippen LogP contribution >= 0.6 is 39.3 Å². The fourth-order valence-electron chi connectivity index (χ4n) is 2.08. The molecule has 0 bridgehead atoms. The molecule has 0 spiro atoms. The van der Waals surface area contributed by atoms with E-state index in [0.29, 0.717) is 6.04 Å². The van der Waals surface area contributed by atoms with Crippen molar-refractivity contribution in [3.63, 3.8) is 0 Å². The molecule has 1 N–H and O–H groups in total. The van der Waals surface area contributed by atoms with Crippen molar-refractivity contribution in [1.82, 2.24) is 5.32 Å². The first kappa shape index (κ1) is 16.9. The van der Waals surface area contributed by atoms with Crippen molar-refractivity contribution >= 4 is 39.3 Å². The summed E-state index contributed by atoms with van der Waals surface area (Å²) in [6.45, 7) is 5.42. The van der Waals surface area contributed by atoms with E-state index in [2.05, 4.69) is 59.4 Å². The molecule has 4 heteroatoms. The van der Waals surface area contributed by atoms with E-state index in [1.807, 2.05) is 18.2 Å². The molecule has 0 aliphatic heterocycles. The molecule has 2 aromatic rings. The monoisotopic (exact) mass is 383 g/mol. The number of halogens is 2. The van der Waals surface area contributed by atoms with Gasteiger partial charge in [-0.15, -0.1) is 0 Å². The smallest absolute Gasteiger partial charge is 0.0417 e. The fourth-order valence-corrected chi connectivity index (χ4v) is 3.99. The third kappa shape index (κ3) is 5.03. The van der Waals surface area contributed by atoms with Crippen molar-refractivity contribution < 1.29 is 0 Å². The molecule has 112 valence electrons. The molecule has 0 heterocycles. The number of benzene rings is 2. The highest BCUT2D eigenvalue weighted by Gasteiger charge is 2.12. The first-order valence-corrected chi connectivity index (χ1v) is 9.05. The largest absolute Gasteiger partial charge is 0.310 e. The second-order valence-electron chi connectivity index (χ2n) is 4.92. The van der Waals surface area contributed by atoms with Crippen molar-refractivity contribution in [2.75, 3.05) is 6.54 Å². The van der Waals surface area contributed by atoms with Gasteiger partial charge in [0.2, 0.25) is 0 Å². The van der Waals surface area contributed by atoms with Gasteiger partial charge in [0.25, 0.3) is 0 Å². The van der Waals surface area contributed by atoms with E-state index >= 15 is 0 Å². The van der Waals surface area contributed by atoms with Crippen LogP contribution in [0.5, 0.6) is 0 Å². The van der Waals surface area contributed by atoms with Crippen LogP contribution in [0.3, 0.4) is 0 Å². The Labute approximate surface area is 144 Å². The summed E-state index contributed by atoms with van der Waals surface area (Å²) in [4.78, 5) is 2.41. The summed E-state index contributed by atoms with van der Waals surface area (Å²) in [7, 11) is 0. The lowest BCUT2D eigenvalue weighted by molar-refractivity contribution is 0.563. The van der Waals surface area contributed by atoms with E-state index in [4.69, 9.17) is 11.6 Å². The number of hydrogen-bond donors (Lipinski definition) is 1. The molecule has 2 rings (SSSR count). The van der Waals surface area contributed by atoms with Crippen LogP contribution in [-0.2, 0) is 0 Å². The lowest BCUT2D eigenvalue weighted by Gasteiger charge is -2.18. The summed E-state index contributed by atoms with van der Waals surface area (Å²) in [5.41, 5.74) is 1.32. The zero-order valence-corrected chi connectivity index (χ0v) is 15.4. The second kappa shape index (κ2) is 8.23. The zero-order valence-electron chi connectivity index (χ0n) is 12.2. The highest BCUT2D eigenvalue weighted by Crippen LogP contribution is 2.36. The van der Waals surface area contributed by atoms with Gasteiger partial charge in [-0.3, -0.25) is 0 Å². The minimum Gasteiger partial charge on any atom is -0.310 e. The van der Waals surface area contributed by atoms with E-state index < -0.39 is 0 Å². The minimum atomic E-state index is 0.333. The molecular formula is C17H19BrClNS. The summed E-state index contributed by atoms with van der Waals surface area (Å²) in [6, 6.07) is 14.8. The maximum atomic E-state index is 6.08. The molecule has 0 saturated carbocycles. The first-order chi connectivity index (χ1) is 10.1. The minimum absolute atomic E-state index is 0.333. The van der Waals surface area contributed by atoms with E-state index in [9.17, 15) is 0 Å². The SMILES string of the molecule is CCCNC(C)c1ccc(Br)cc1Sc1cccc(Cl)c1. The van der Waals surface area contributed by atoms with E-state index in [1.165, 1.54) is 10.5 Å². The lowest BCUT2D eigenvalue weighted by atomic mass is 10.1. The summed E-state index contributed by atoms with van der Waals surface area (Å²) in [5, 5.41) is 4.32. The standard InChI is InChI=1S/C17H19BrClNS/c1-3-9-20-12(2)16-8-7-13(18)10-17(16)21-15-6-4-5-14(19)11-15/h4-8,10-12,20H,3,9H2,1-2H3. The Hall–Kier alpha value is -0.480. The average molecular weight is 385 g/mol. The Morgan fingerprint density at radius 2 is 2.05 bits per heavy atom. The van der Waals surface area contributed by atoms with Crippen LogP contribution in [0.1, 0.15) is 31.9 Å². The highest BCUT2D eigenvalue weighted by molar-refractivity contribution is 9.10. The molecule has 0 aromatic heterocycles. The molecule has 0 amide bonds. The molecule has 0 aliphatic rings. The zero-order chi connectivity index (χ0) is 15.2. The normalized spacial score (nSPS) is 12.4. The van der Waals surface area contributed by atoms with Crippen LogP contribution in [0.2, 0.25) is 5.02 Å². The molecule has 0 radical (unpaired) electrons. The summed E-state index contributed by atoms with van der Waals surface area (Å²) in [5.74, 6) is 0. The van der Waals surface area contributed by atoms with Crippen LogP contribution in [0.15, 0.2) is 56.7 Å². The summed E-state index contributed by atoms with van der Waals surface area (Å²) < 4.78 is 1.10. The Bertz CT molecular complexity index is 603. The fraction of sp³-hybridized carbons (Fsp3) is 0.294. The molecule has 0 aliphatic carbocycles. The van der Waals surface area contributed by atoms with Crippen molar-refractivity contribution in [2.24, 2.45) is 0 Å². The number of rotatable bonds is 6. The summed E-state index contributed by atoms with van der Waals surface area (Å²) >= 11 is 11.4. The second-order valence-corrected chi connectivity index (χ2v) is 7.38. The molecule has 2 aromatic carbocycles. The predicted molar refractivity (Wildman–Crippen MR) is 96.4 cm³/mol. The van der Waals surface area contributed by atoms with Crippen LogP contribution in [0.4, 0.5) is 0 Å². The van der Waals surface area contributed by atoms with Gasteiger partial charge in [-0.1, -0.05) is 58.3 Å². The van der Waals surface area contributed by atoms with Gasteiger partial charge in [-0.2, -0.15) is 0 Å². The van der Waals surface area contributed by atoms with Gasteiger partial charge in [-0.05, 0) is 55.8 Å². The van der Waals surface area contributed by atoms with Crippen molar-refractivity contribution in [3.8, 4) is 0 Å². The van der Waals surface area contributed by atoms with Gasteiger partial charge in [0.1, 0.15) is 0 Å². The number of nitrogens with one attached hydrogen (secondary N) is 1. The molecule has 21 heavy (non-hydrogen) atoms. The van der Waals surface area contributed by atoms with E-state index in [0.717, 1.165) is 27.4 Å². The molecule has 1 unspecified atom stereocenters. The van der Waals surface area contributed by atoms with Crippen LogP contribution in [0.25, 0.3) is 0 Å². The Balaban J connectivity index is 2.26. The quantitative estimate of drug-likeness (QED) is 0.626. The Morgan fingerprint density at radius 1 is 1.24 bits per heavy atom. The van der Waals surface area contributed by atoms with Crippen LogP contribution in [-0.4, -0.2) is 6.54 Å². The molecule has 0 fully saturated rings. The van der Waals surface area contributed by atoms with Gasteiger partial charge in [0.15, 0.2) is 0 Å². The topological polar surface area (TPSA) is 12.0 Å². The van der Waals surface area contributed by atoms with Gasteiger partial charge in [-0.25, -0.2) is 0 Å². The molecule has 1 nitrogen and oxygen atoms in total. The Kier molecular flexibility index (Phi) is 6.62. The van der Waals surface area contributed by atoms with Gasteiger partial charge >= 0.3 is 0 Å². The number of hydrogen-bond acceptors (Lipinski definition) is 2. The van der Waals surface area contributed by atoms with Gasteiger partial charge < -0.3 is 5.32 Å². The van der Waals surface area contributed by atoms with Gasteiger partial charge in [0, 0.05) is 25.3 Å². The van der Waals surface area contributed by atoms with Crippen molar-refractivity contribution in [3.05, 3.63) is 57.5 Å². The van der Waals surface area contributed by atoms with Crippen LogP contribution < -0.4 is 5.32 Å². The van der Waals surface area contributed by atoms with Gasteiger partial charge in [0.05, 0.1) is 0 Å². The predicted octanol–water partition coefficient (Wildman–Crippen LogP) is 6.31. The summed E-state index contributed by atoms with van der Waals surface area (Å²) in [6.07, 6.45) is 1.14. The Morgan fingerprint density at radius 3 is 2.76 bits per heavy atom. The van der Waals surface area contributed by atoms with Crippen LogP contribution in [0, 0.1) is 0 Å². The van der Waals surface area contributed by atoms with E-state index in [1.54, 1.807) is 11.8 Å². The molecular weight excluding hydrogens is 366 g/mol. The third-order valence-corrected chi connectivity index (χ3v) is 4.96. The van der Waals surface area contributed by atoms with E-state index in [-0.39, 0.29) is 0 Å². The first-order valence-electron chi connectivity index (χ1n) is 7.06. The average Bonchev–Trinajstić information content (AvgIpc) is 2.45. The third-order valence-electron chi connectivity index (χ3n) is 3.17. The molecule has 0 saturated heterocycles.